The Balaban J connectivity index is 1.70. The summed E-state index contributed by atoms with van der Waals surface area (Å²) in [7, 11) is 0. The van der Waals surface area contributed by atoms with Gasteiger partial charge in [-0.2, -0.15) is 0 Å². The van der Waals surface area contributed by atoms with Crippen molar-refractivity contribution in [3.63, 3.8) is 0 Å². The van der Waals surface area contributed by atoms with Gasteiger partial charge in [0.15, 0.2) is 0 Å². The van der Waals surface area contributed by atoms with Crippen LogP contribution >= 0.6 is 0 Å². The summed E-state index contributed by atoms with van der Waals surface area (Å²) in [5.41, 5.74) is 3.99. The molecule has 0 aromatic heterocycles. The maximum Gasteiger partial charge on any atom is 0.333 e. The molecule has 0 aliphatic rings. The number of ether oxygens (including phenoxy) is 2. The number of hydrogen-bond acceptors (Lipinski definition) is 4. The highest BCUT2D eigenvalue weighted by Gasteiger charge is 2.03. The van der Waals surface area contributed by atoms with Crippen molar-refractivity contribution in [1.29, 1.82) is 0 Å². The molecule has 0 saturated heterocycles. The number of benzene rings is 2. The fraction of sp³-hybridized carbons (Fsp3) is 0.333. The summed E-state index contributed by atoms with van der Waals surface area (Å²) in [4.78, 5) is 22.2. The molecule has 0 radical (unpaired) electrons. The molecule has 2 aromatic carbocycles. The first-order valence-corrected chi connectivity index (χ1v) is 9.66. The van der Waals surface area contributed by atoms with E-state index in [2.05, 4.69) is 30.8 Å². The van der Waals surface area contributed by atoms with Gasteiger partial charge in [-0.15, -0.1) is 0 Å². The number of aryl methyl sites for hydroxylation is 1. The monoisotopic (exact) mass is 380 g/mol. The Morgan fingerprint density at radius 2 is 1.39 bits per heavy atom. The molecule has 0 N–H and O–H groups in total. The summed E-state index contributed by atoms with van der Waals surface area (Å²) >= 11 is 0. The van der Waals surface area contributed by atoms with Gasteiger partial charge in [-0.1, -0.05) is 55.8 Å². The van der Waals surface area contributed by atoms with Crippen molar-refractivity contribution in [2.75, 3.05) is 6.61 Å². The Bertz CT molecular complexity index is 788. The lowest BCUT2D eigenvalue weighted by Crippen LogP contribution is -2.06. The molecule has 0 bridgehead atoms. The second-order valence-electron chi connectivity index (χ2n) is 6.90. The van der Waals surface area contributed by atoms with Gasteiger partial charge in [-0.25, -0.2) is 4.79 Å². The standard InChI is InChI=1S/C24H28O4/c1-18(2)24(26)27-17-7-5-4-6-8-20-9-11-21(12-10-20)22-13-15-23(16-14-22)28-19(3)25/h9-16H,1,4-8,17H2,2-3H3. The normalized spacial score (nSPS) is 10.4. The summed E-state index contributed by atoms with van der Waals surface area (Å²) in [5.74, 6) is -0.0617. The SMILES string of the molecule is C=C(C)C(=O)OCCCCCCc1ccc(-c2ccc(OC(C)=O)cc2)cc1. The highest BCUT2D eigenvalue weighted by molar-refractivity contribution is 5.86. The molecule has 4 nitrogen and oxygen atoms in total. The first kappa shape index (κ1) is 21.4. The third kappa shape index (κ3) is 7.39. The smallest absolute Gasteiger partial charge is 0.333 e. The van der Waals surface area contributed by atoms with Crippen LogP contribution in [0.1, 0.15) is 45.1 Å². The molecule has 4 heteroatoms. The van der Waals surface area contributed by atoms with Crippen LogP contribution in [-0.4, -0.2) is 18.5 Å². The average Bonchev–Trinajstić information content (AvgIpc) is 2.67. The van der Waals surface area contributed by atoms with E-state index < -0.39 is 0 Å². The molecule has 0 spiro atoms. The lowest BCUT2D eigenvalue weighted by Gasteiger charge is -2.07. The van der Waals surface area contributed by atoms with E-state index in [1.807, 2.05) is 12.1 Å². The first-order chi connectivity index (χ1) is 13.5. The second-order valence-corrected chi connectivity index (χ2v) is 6.90. The fourth-order valence-corrected chi connectivity index (χ4v) is 2.82. The van der Waals surface area contributed by atoms with Gasteiger partial charge in [0.05, 0.1) is 6.61 Å². The van der Waals surface area contributed by atoms with E-state index in [4.69, 9.17) is 9.47 Å². The molecule has 0 aliphatic carbocycles. The van der Waals surface area contributed by atoms with Crippen molar-refractivity contribution >= 4 is 11.9 Å². The molecule has 0 unspecified atom stereocenters. The van der Waals surface area contributed by atoms with Gasteiger partial charge in [0.2, 0.25) is 0 Å². The van der Waals surface area contributed by atoms with Crippen LogP contribution in [0.3, 0.4) is 0 Å². The summed E-state index contributed by atoms with van der Waals surface area (Å²) in [6, 6.07) is 16.1. The predicted molar refractivity (Wildman–Crippen MR) is 111 cm³/mol. The van der Waals surface area contributed by atoms with Gasteiger partial charge in [0, 0.05) is 12.5 Å². The lowest BCUT2D eigenvalue weighted by molar-refractivity contribution is -0.139. The lowest BCUT2D eigenvalue weighted by atomic mass is 10.0. The first-order valence-electron chi connectivity index (χ1n) is 9.66. The molecule has 0 atom stereocenters. The van der Waals surface area contributed by atoms with E-state index in [0.717, 1.165) is 43.2 Å². The number of carbonyl (C=O) groups is 2. The van der Waals surface area contributed by atoms with Gasteiger partial charge in [0.1, 0.15) is 5.75 Å². The van der Waals surface area contributed by atoms with E-state index in [1.165, 1.54) is 12.5 Å². The van der Waals surface area contributed by atoms with Crippen LogP contribution in [0.2, 0.25) is 0 Å². The highest BCUT2D eigenvalue weighted by Crippen LogP contribution is 2.23. The van der Waals surface area contributed by atoms with Crippen molar-refractivity contribution in [3.05, 3.63) is 66.2 Å². The zero-order valence-electron chi connectivity index (χ0n) is 16.7. The predicted octanol–water partition coefficient (Wildman–Crippen LogP) is 5.50. The molecule has 0 saturated carbocycles. The van der Waals surface area contributed by atoms with Crippen LogP contribution in [0.25, 0.3) is 11.1 Å². The van der Waals surface area contributed by atoms with Gasteiger partial charge in [-0.05, 0) is 55.0 Å². The van der Waals surface area contributed by atoms with E-state index in [-0.39, 0.29) is 11.9 Å². The van der Waals surface area contributed by atoms with Crippen molar-refractivity contribution in [2.24, 2.45) is 0 Å². The Kier molecular flexibility index (Phi) is 8.47. The summed E-state index contributed by atoms with van der Waals surface area (Å²) < 4.78 is 10.1. The average molecular weight is 380 g/mol. The zero-order chi connectivity index (χ0) is 20.4. The Morgan fingerprint density at radius 3 is 1.96 bits per heavy atom. The quantitative estimate of drug-likeness (QED) is 0.236. The van der Waals surface area contributed by atoms with Crippen LogP contribution in [0.5, 0.6) is 5.75 Å². The summed E-state index contributed by atoms with van der Waals surface area (Å²) in [6.07, 6.45) is 5.21. The molecule has 2 aromatic rings. The molecule has 148 valence electrons. The van der Waals surface area contributed by atoms with Crippen molar-refractivity contribution < 1.29 is 19.1 Å². The Hall–Kier alpha value is -2.88. The van der Waals surface area contributed by atoms with Crippen molar-refractivity contribution in [1.82, 2.24) is 0 Å². The molecular weight excluding hydrogens is 352 g/mol. The summed E-state index contributed by atoms with van der Waals surface area (Å²) in [5, 5.41) is 0. The molecule has 28 heavy (non-hydrogen) atoms. The van der Waals surface area contributed by atoms with Gasteiger partial charge < -0.3 is 9.47 Å². The van der Waals surface area contributed by atoms with Gasteiger partial charge >= 0.3 is 11.9 Å². The molecular formula is C24H28O4. The van der Waals surface area contributed by atoms with E-state index in [9.17, 15) is 9.59 Å². The minimum Gasteiger partial charge on any atom is -0.462 e. The van der Waals surface area contributed by atoms with Crippen molar-refractivity contribution in [3.8, 4) is 16.9 Å². The number of rotatable bonds is 10. The Labute approximate surface area is 167 Å². The number of esters is 2. The van der Waals surface area contributed by atoms with E-state index in [0.29, 0.717) is 17.9 Å². The molecule has 0 amide bonds. The van der Waals surface area contributed by atoms with Crippen LogP contribution in [0.4, 0.5) is 0 Å². The Morgan fingerprint density at radius 1 is 0.821 bits per heavy atom. The third-order valence-corrected chi connectivity index (χ3v) is 4.34. The molecule has 0 heterocycles. The third-order valence-electron chi connectivity index (χ3n) is 4.34. The van der Waals surface area contributed by atoms with Crippen LogP contribution in [0, 0.1) is 0 Å². The topological polar surface area (TPSA) is 52.6 Å². The zero-order valence-corrected chi connectivity index (χ0v) is 16.7. The summed E-state index contributed by atoms with van der Waals surface area (Å²) in [6.45, 7) is 7.09. The van der Waals surface area contributed by atoms with Crippen LogP contribution < -0.4 is 4.74 Å². The maximum absolute atomic E-state index is 11.3. The van der Waals surface area contributed by atoms with Gasteiger partial charge in [-0.3, -0.25) is 4.79 Å². The van der Waals surface area contributed by atoms with Crippen molar-refractivity contribution in [2.45, 2.75) is 46.0 Å². The van der Waals surface area contributed by atoms with E-state index in [1.54, 1.807) is 19.1 Å². The maximum atomic E-state index is 11.3. The number of unbranched alkanes of at least 4 members (excludes halogenated alkanes) is 3. The minimum atomic E-state index is -0.315. The highest BCUT2D eigenvalue weighted by atomic mass is 16.5. The second kappa shape index (κ2) is 11.1. The number of carbonyl (C=O) groups excluding carboxylic acids is 2. The van der Waals surface area contributed by atoms with Gasteiger partial charge in [0.25, 0.3) is 0 Å². The molecule has 2 rings (SSSR count). The van der Waals surface area contributed by atoms with Crippen LogP contribution in [-0.2, 0) is 20.7 Å². The molecule has 0 fully saturated rings. The fourth-order valence-electron chi connectivity index (χ4n) is 2.82. The van der Waals surface area contributed by atoms with E-state index >= 15 is 0 Å². The largest absolute Gasteiger partial charge is 0.462 e. The number of hydrogen-bond donors (Lipinski definition) is 0. The minimum absolute atomic E-state index is 0.305. The molecule has 0 aliphatic heterocycles. The van der Waals surface area contributed by atoms with Crippen LogP contribution in [0.15, 0.2) is 60.7 Å².